The molecule has 2 N–H and O–H groups in total. The molecule has 4 heteroatoms. The third kappa shape index (κ3) is 2.91. The van der Waals surface area contributed by atoms with Gasteiger partial charge in [0.25, 0.3) is 0 Å². The summed E-state index contributed by atoms with van der Waals surface area (Å²) in [7, 11) is 0. The summed E-state index contributed by atoms with van der Waals surface area (Å²) in [6, 6.07) is 0. The van der Waals surface area contributed by atoms with Crippen molar-refractivity contribution in [1.29, 1.82) is 0 Å². The fraction of sp³-hybridized carbons (Fsp3) is 0.765. The Balaban J connectivity index is 2.00. The monoisotopic (exact) mass is 289 g/mol. The van der Waals surface area contributed by atoms with E-state index in [1.807, 2.05) is 0 Å². The quantitative estimate of drug-likeness (QED) is 0.865. The molecule has 116 valence electrons. The van der Waals surface area contributed by atoms with Crippen LogP contribution in [0.4, 0.5) is 5.82 Å². The number of nitrogens with zero attached hydrogens (tertiary/aromatic N) is 2. The van der Waals surface area contributed by atoms with Crippen molar-refractivity contribution in [2.24, 2.45) is 0 Å². The number of fused-ring (bicyclic) bond motifs is 1. The molecule has 1 aromatic heterocycles. The number of nitrogen functional groups attached to an aromatic ring is 1. The summed E-state index contributed by atoms with van der Waals surface area (Å²) < 4.78 is 6.20. The number of hydrogen-bond acceptors (Lipinski definition) is 4. The number of nitrogens with two attached hydrogens (primary N) is 1. The first-order valence-corrected chi connectivity index (χ1v) is 8.55. The minimum atomic E-state index is -0.300. The Hall–Kier alpha value is -1.16. The average molecular weight is 289 g/mol. The van der Waals surface area contributed by atoms with Crippen LogP contribution in [0.2, 0.25) is 0 Å². The van der Waals surface area contributed by atoms with Gasteiger partial charge in [0, 0.05) is 17.9 Å². The molecule has 2 aliphatic carbocycles. The minimum Gasteiger partial charge on any atom is -0.383 e. The maximum Gasteiger partial charge on any atom is 0.162 e. The van der Waals surface area contributed by atoms with E-state index >= 15 is 0 Å². The van der Waals surface area contributed by atoms with Crippen LogP contribution >= 0.6 is 0 Å². The van der Waals surface area contributed by atoms with Gasteiger partial charge < -0.3 is 10.5 Å². The van der Waals surface area contributed by atoms with E-state index in [1.165, 1.54) is 49.8 Å². The van der Waals surface area contributed by atoms with E-state index in [1.54, 1.807) is 0 Å². The second-order valence-electron chi connectivity index (χ2n) is 6.41. The van der Waals surface area contributed by atoms with Gasteiger partial charge in [-0.3, -0.25) is 0 Å². The number of hydrogen-bond donors (Lipinski definition) is 1. The van der Waals surface area contributed by atoms with Crippen LogP contribution in [0.1, 0.15) is 75.4 Å². The fourth-order valence-corrected chi connectivity index (χ4v) is 3.84. The van der Waals surface area contributed by atoms with E-state index in [4.69, 9.17) is 15.5 Å². The molecule has 0 saturated heterocycles. The number of ether oxygens (including phenoxy) is 1. The lowest BCUT2D eigenvalue weighted by molar-refractivity contribution is -0.0625. The van der Waals surface area contributed by atoms with Crippen molar-refractivity contribution in [2.75, 3.05) is 12.3 Å². The Morgan fingerprint density at radius 2 is 1.71 bits per heavy atom. The maximum absolute atomic E-state index is 6.24. The van der Waals surface area contributed by atoms with Crippen molar-refractivity contribution in [2.45, 2.75) is 76.7 Å². The Labute approximate surface area is 127 Å². The molecule has 0 bridgehead atoms. The van der Waals surface area contributed by atoms with E-state index in [2.05, 4.69) is 11.9 Å². The highest BCUT2D eigenvalue weighted by molar-refractivity contribution is 5.44. The van der Waals surface area contributed by atoms with Crippen molar-refractivity contribution >= 4 is 5.82 Å². The minimum absolute atomic E-state index is 0.300. The van der Waals surface area contributed by atoms with Crippen molar-refractivity contribution < 1.29 is 4.74 Å². The molecule has 1 saturated carbocycles. The zero-order valence-corrected chi connectivity index (χ0v) is 13.2. The Morgan fingerprint density at radius 3 is 2.43 bits per heavy atom. The number of rotatable bonds is 3. The van der Waals surface area contributed by atoms with E-state index < -0.39 is 0 Å². The fourth-order valence-electron chi connectivity index (χ4n) is 3.84. The SMILES string of the molecule is CCOC1(c2nc(N)c3c(n2)CCCC3)CCCCCC1. The predicted molar refractivity (Wildman–Crippen MR) is 84.1 cm³/mol. The molecule has 4 nitrogen and oxygen atoms in total. The van der Waals surface area contributed by atoms with E-state index in [9.17, 15) is 0 Å². The first-order chi connectivity index (χ1) is 10.2. The topological polar surface area (TPSA) is 61.0 Å². The number of anilines is 1. The molecule has 1 aromatic rings. The lowest BCUT2D eigenvalue weighted by Crippen LogP contribution is -2.33. The third-order valence-corrected chi connectivity index (χ3v) is 4.95. The highest BCUT2D eigenvalue weighted by atomic mass is 16.5. The first kappa shape index (κ1) is 14.8. The van der Waals surface area contributed by atoms with Crippen LogP contribution in [0.5, 0.6) is 0 Å². The Kier molecular flexibility index (Phi) is 4.43. The molecule has 0 aromatic carbocycles. The molecule has 0 unspecified atom stereocenters. The highest BCUT2D eigenvalue weighted by Gasteiger charge is 2.37. The lowest BCUT2D eigenvalue weighted by Gasteiger charge is -2.32. The van der Waals surface area contributed by atoms with Crippen molar-refractivity contribution in [3.05, 3.63) is 17.1 Å². The van der Waals surface area contributed by atoms with Gasteiger partial charge in [0.15, 0.2) is 5.82 Å². The molecular formula is C17H27N3O. The zero-order chi connectivity index (χ0) is 14.7. The molecule has 1 heterocycles. The Morgan fingerprint density at radius 1 is 1.00 bits per heavy atom. The van der Waals surface area contributed by atoms with Crippen LogP contribution in [0, 0.1) is 0 Å². The molecule has 21 heavy (non-hydrogen) atoms. The van der Waals surface area contributed by atoms with Crippen molar-refractivity contribution in [1.82, 2.24) is 9.97 Å². The normalized spacial score (nSPS) is 21.6. The molecule has 1 fully saturated rings. The molecule has 0 amide bonds. The summed E-state index contributed by atoms with van der Waals surface area (Å²) in [5, 5.41) is 0. The van der Waals surface area contributed by atoms with Crippen LogP contribution in [0.15, 0.2) is 0 Å². The van der Waals surface area contributed by atoms with Gasteiger partial charge in [-0.25, -0.2) is 9.97 Å². The lowest BCUT2D eigenvalue weighted by atomic mass is 9.91. The summed E-state index contributed by atoms with van der Waals surface area (Å²) >= 11 is 0. The summed E-state index contributed by atoms with van der Waals surface area (Å²) in [5.74, 6) is 1.54. The van der Waals surface area contributed by atoms with Gasteiger partial charge in [-0.05, 0) is 45.4 Å². The number of aryl methyl sites for hydroxylation is 1. The van der Waals surface area contributed by atoms with Gasteiger partial charge in [0.2, 0.25) is 0 Å². The van der Waals surface area contributed by atoms with Gasteiger partial charge in [-0.15, -0.1) is 0 Å². The van der Waals surface area contributed by atoms with Gasteiger partial charge >= 0.3 is 0 Å². The molecule has 0 atom stereocenters. The second kappa shape index (κ2) is 6.30. The first-order valence-electron chi connectivity index (χ1n) is 8.55. The third-order valence-electron chi connectivity index (χ3n) is 4.95. The predicted octanol–water partition coefficient (Wildman–Crippen LogP) is 3.52. The van der Waals surface area contributed by atoms with Crippen LogP contribution < -0.4 is 5.73 Å². The Bertz CT molecular complexity index is 493. The molecule has 0 aliphatic heterocycles. The molecular weight excluding hydrogens is 262 g/mol. The summed E-state index contributed by atoms with van der Waals surface area (Å²) in [6.45, 7) is 2.77. The molecule has 0 spiro atoms. The van der Waals surface area contributed by atoms with Crippen molar-refractivity contribution in [3.63, 3.8) is 0 Å². The van der Waals surface area contributed by atoms with E-state index in [0.29, 0.717) is 12.4 Å². The molecule has 2 aliphatic rings. The zero-order valence-electron chi connectivity index (χ0n) is 13.2. The van der Waals surface area contributed by atoms with E-state index in [-0.39, 0.29) is 5.60 Å². The summed E-state index contributed by atoms with van der Waals surface area (Å²) in [5.41, 5.74) is 8.30. The summed E-state index contributed by atoms with van der Waals surface area (Å²) in [4.78, 5) is 9.60. The van der Waals surface area contributed by atoms with Gasteiger partial charge in [0.05, 0.1) is 0 Å². The van der Waals surface area contributed by atoms with Gasteiger partial charge in [0.1, 0.15) is 11.4 Å². The maximum atomic E-state index is 6.24. The largest absolute Gasteiger partial charge is 0.383 e. The smallest absolute Gasteiger partial charge is 0.162 e. The van der Waals surface area contributed by atoms with Crippen LogP contribution in [0.25, 0.3) is 0 Å². The van der Waals surface area contributed by atoms with Crippen molar-refractivity contribution in [3.8, 4) is 0 Å². The second-order valence-corrected chi connectivity index (χ2v) is 6.41. The van der Waals surface area contributed by atoms with Gasteiger partial charge in [-0.2, -0.15) is 0 Å². The van der Waals surface area contributed by atoms with Crippen LogP contribution in [-0.4, -0.2) is 16.6 Å². The average Bonchev–Trinajstić information content (AvgIpc) is 2.74. The molecule has 3 rings (SSSR count). The summed E-state index contributed by atoms with van der Waals surface area (Å²) in [6.07, 6.45) is 11.5. The van der Waals surface area contributed by atoms with Crippen LogP contribution in [-0.2, 0) is 23.2 Å². The number of aromatic nitrogens is 2. The highest BCUT2D eigenvalue weighted by Crippen LogP contribution is 2.39. The standard InChI is InChI=1S/C17H27N3O/c1-2-21-17(11-7-3-4-8-12-17)16-19-14-10-6-5-9-13(14)15(18)20-16/h2-12H2,1H3,(H2,18,19,20). The van der Waals surface area contributed by atoms with E-state index in [0.717, 1.165) is 31.5 Å². The molecule has 0 radical (unpaired) electrons. The van der Waals surface area contributed by atoms with Gasteiger partial charge in [-0.1, -0.05) is 25.7 Å². The van der Waals surface area contributed by atoms with Crippen LogP contribution in [0.3, 0.4) is 0 Å².